The lowest BCUT2D eigenvalue weighted by atomic mass is 10.2. The first-order chi connectivity index (χ1) is 13.0. The van der Waals surface area contributed by atoms with E-state index in [-0.39, 0.29) is 16.7 Å². The normalized spacial score (nSPS) is 11.3. The van der Waals surface area contributed by atoms with E-state index in [1.807, 2.05) is 0 Å². The minimum absolute atomic E-state index is 0.0854. The van der Waals surface area contributed by atoms with Crippen molar-refractivity contribution < 1.29 is 27.2 Å². The Hall–Kier alpha value is -2.76. The number of carbonyl (C=O) groups excluding carboxylic acids is 1. The minimum Gasteiger partial charge on any atom is -0.497 e. The molecule has 9 nitrogen and oxygen atoms in total. The van der Waals surface area contributed by atoms with E-state index in [0.29, 0.717) is 17.1 Å². The largest absolute Gasteiger partial charge is 0.497 e. The van der Waals surface area contributed by atoms with E-state index in [0.717, 1.165) is 11.3 Å². The average molecular weight is 409 g/mol. The number of ether oxygens (including phenoxy) is 2. The van der Waals surface area contributed by atoms with Crippen LogP contribution in [0.5, 0.6) is 5.75 Å². The highest BCUT2D eigenvalue weighted by atomic mass is 32.2. The number of esters is 1. The Morgan fingerprint density at radius 3 is 2.89 bits per heavy atom. The van der Waals surface area contributed by atoms with Crippen molar-refractivity contribution in [1.29, 1.82) is 0 Å². The van der Waals surface area contributed by atoms with Crippen LogP contribution < -0.4 is 9.46 Å². The topological polar surface area (TPSA) is 121 Å². The lowest BCUT2D eigenvalue weighted by Gasteiger charge is -2.04. The van der Waals surface area contributed by atoms with Crippen molar-refractivity contribution in [3.05, 3.63) is 47.7 Å². The summed E-state index contributed by atoms with van der Waals surface area (Å²) < 4.78 is 41.3. The number of methoxy groups -OCH3 is 1. The molecule has 0 fully saturated rings. The molecule has 0 bridgehead atoms. The van der Waals surface area contributed by atoms with Gasteiger partial charge in [-0.1, -0.05) is 23.4 Å². The molecule has 2 aromatic heterocycles. The maximum atomic E-state index is 11.9. The van der Waals surface area contributed by atoms with E-state index in [4.69, 9.17) is 14.0 Å². The summed E-state index contributed by atoms with van der Waals surface area (Å²) in [6, 6.07) is 10.1. The van der Waals surface area contributed by atoms with Crippen LogP contribution >= 0.6 is 11.3 Å². The number of hydrogen-bond donors (Lipinski definition) is 1. The molecule has 0 amide bonds. The molecule has 3 aromatic rings. The summed E-state index contributed by atoms with van der Waals surface area (Å²) >= 11 is 1.05. The second-order valence-corrected chi connectivity index (χ2v) is 8.10. The number of nitrogens with zero attached hydrogens (tertiary/aromatic N) is 2. The zero-order chi connectivity index (χ0) is 19.3. The molecule has 142 valence electrons. The Morgan fingerprint density at radius 1 is 1.30 bits per heavy atom. The smallest absolute Gasteiger partial charge is 0.321 e. The highest BCUT2D eigenvalue weighted by Crippen LogP contribution is 2.21. The van der Waals surface area contributed by atoms with Gasteiger partial charge in [0.1, 0.15) is 16.5 Å². The zero-order valence-corrected chi connectivity index (χ0v) is 15.7. The molecule has 2 heterocycles. The fourth-order valence-corrected chi connectivity index (χ4v) is 4.03. The van der Waals surface area contributed by atoms with Gasteiger partial charge in [-0.2, -0.15) is 9.71 Å². The fourth-order valence-electron chi connectivity index (χ4n) is 2.03. The molecule has 27 heavy (non-hydrogen) atoms. The van der Waals surface area contributed by atoms with Crippen LogP contribution in [0, 0.1) is 0 Å². The molecule has 0 unspecified atom stereocenters. The maximum Gasteiger partial charge on any atom is 0.321 e. The van der Waals surface area contributed by atoms with Gasteiger partial charge in [0.2, 0.25) is 5.82 Å². The Kier molecular flexibility index (Phi) is 5.84. The predicted octanol–water partition coefficient (Wildman–Crippen LogP) is 1.83. The first-order valence-electron chi connectivity index (χ1n) is 7.64. The van der Waals surface area contributed by atoms with Crippen molar-refractivity contribution in [3.63, 3.8) is 0 Å². The van der Waals surface area contributed by atoms with Gasteiger partial charge in [-0.3, -0.25) is 4.79 Å². The molecule has 0 atom stereocenters. The van der Waals surface area contributed by atoms with Gasteiger partial charge in [0.25, 0.3) is 15.9 Å². The zero-order valence-electron chi connectivity index (χ0n) is 14.1. The lowest BCUT2D eigenvalue weighted by Crippen LogP contribution is -2.30. The molecule has 0 aliphatic rings. The van der Waals surface area contributed by atoms with Crippen LogP contribution in [0.25, 0.3) is 11.4 Å². The Labute approximate surface area is 159 Å². The van der Waals surface area contributed by atoms with Crippen molar-refractivity contribution in [2.75, 3.05) is 13.7 Å². The van der Waals surface area contributed by atoms with Gasteiger partial charge in [-0.05, 0) is 23.6 Å². The van der Waals surface area contributed by atoms with E-state index in [2.05, 4.69) is 14.9 Å². The van der Waals surface area contributed by atoms with E-state index in [9.17, 15) is 13.2 Å². The highest BCUT2D eigenvalue weighted by molar-refractivity contribution is 7.91. The molecule has 0 aliphatic heterocycles. The van der Waals surface area contributed by atoms with Crippen LogP contribution in [0.15, 0.2) is 50.5 Å². The predicted molar refractivity (Wildman–Crippen MR) is 95.6 cm³/mol. The van der Waals surface area contributed by atoms with Crippen molar-refractivity contribution in [3.8, 4) is 17.1 Å². The van der Waals surface area contributed by atoms with E-state index in [1.165, 1.54) is 6.07 Å². The van der Waals surface area contributed by atoms with Crippen molar-refractivity contribution in [2.24, 2.45) is 0 Å². The number of hydrogen-bond acceptors (Lipinski definition) is 9. The summed E-state index contributed by atoms with van der Waals surface area (Å²) in [5, 5.41) is 5.44. The summed E-state index contributed by atoms with van der Waals surface area (Å²) in [6.45, 7) is -0.770. The van der Waals surface area contributed by atoms with Crippen LogP contribution in [0.3, 0.4) is 0 Å². The standard InChI is InChI=1S/C16H15N3O6S2/c1-23-12-5-2-4-11(8-12)16-18-13(25-19-16)10-24-14(20)9-17-27(21,22)15-6-3-7-26-15/h2-8,17H,9-10H2,1H3. The van der Waals surface area contributed by atoms with Gasteiger partial charge in [0.05, 0.1) is 7.11 Å². The van der Waals surface area contributed by atoms with Crippen molar-refractivity contribution in [1.82, 2.24) is 14.9 Å². The molecule has 1 aromatic carbocycles. The number of rotatable bonds is 8. The van der Waals surface area contributed by atoms with Crippen LogP contribution in [0.4, 0.5) is 0 Å². The average Bonchev–Trinajstić information content (AvgIpc) is 3.37. The van der Waals surface area contributed by atoms with Gasteiger partial charge in [0, 0.05) is 5.56 Å². The van der Waals surface area contributed by atoms with E-state index < -0.39 is 22.5 Å². The van der Waals surface area contributed by atoms with Crippen LogP contribution in [-0.4, -0.2) is 38.2 Å². The quantitative estimate of drug-likeness (QED) is 0.560. The summed E-state index contributed by atoms with van der Waals surface area (Å²) in [6.07, 6.45) is 0. The lowest BCUT2D eigenvalue weighted by molar-refractivity contribution is -0.144. The monoisotopic (exact) mass is 409 g/mol. The van der Waals surface area contributed by atoms with Gasteiger partial charge in [0.15, 0.2) is 6.61 Å². The molecule has 3 rings (SSSR count). The van der Waals surface area contributed by atoms with Gasteiger partial charge >= 0.3 is 5.97 Å². The Morgan fingerprint density at radius 2 is 2.15 bits per heavy atom. The maximum absolute atomic E-state index is 11.9. The van der Waals surface area contributed by atoms with Gasteiger partial charge in [-0.15, -0.1) is 11.3 Å². The first kappa shape index (κ1) is 19.0. The molecular weight excluding hydrogens is 394 g/mol. The summed E-state index contributed by atoms with van der Waals surface area (Å²) in [7, 11) is -2.18. The first-order valence-corrected chi connectivity index (χ1v) is 10.00. The third kappa shape index (κ3) is 4.90. The third-order valence-electron chi connectivity index (χ3n) is 3.32. The summed E-state index contributed by atoms with van der Waals surface area (Å²) in [5.41, 5.74) is 0.680. The van der Waals surface area contributed by atoms with Crippen LogP contribution in [0.2, 0.25) is 0 Å². The van der Waals surface area contributed by atoms with Gasteiger partial charge in [-0.25, -0.2) is 8.42 Å². The third-order valence-corrected chi connectivity index (χ3v) is 6.12. The van der Waals surface area contributed by atoms with Crippen molar-refractivity contribution >= 4 is 27.3 Å². The van der Waals surface area contributed by atoms with E-state index in [1.54, 1.807) is 42.8 Å². The van der Waals surface area contributed by atoms with Crippen LogP contribution in [0.1, 0.15) is 5.89 Å². The second-order valence-electron chi connectivity index (χ2n) is 5.16. The molecule has 1 N–H and O–H groups in total. The minimum atomic E-state index is -3.73. The summed E-state index contributed by atoms with van der Waals surface area (Å²) in [5.74, 6) is 0.278. The molecule has 0 aliphatic carbocycles. The molecule has 0 radical (unpaired) electrons. The molecule has 0 spiro atoms. The SMILES string of the molecule is COc1cccc(-c2noc(COC(=O)CNS(=O)(=O)c3cccs3)n2)c1. The molecule has 0 saturated carbocycles. The second kappa shape index (κ2) is 8.29. The number of carbonyl (C=O) groups is 1. The fraction of sp³-hybridized carbons (Fsp3) is 0.188. The molecular formula is C16H15N3O6S2. The Balaban J connectivity index is 1.53. The Bertz CT molecular complexity index is 1010. The summed E-state index contributed by atoms with van der Waals surface area (Å²) in [4.78, 5) is 15.9. The molecule has 0 saturated heterocycles. The number of benzene rings is 1. The molecule has 11 heteroatoms. The number of aromatic nitrogens is 2. The number of nitrogens with one attached hydrogen (secondary N) is 1. The van der Waals surface area contributed by atoms with Gasteiger partial charge < -0.3 is 14.0 Å². The van der Waals surface area contributed by atoms with Crippen LogP contribution in [-0.2, 0) is 26.2 Å². The highest BCUT2D eigenvalue weighted by Gasteiger charge is 2.17. The van der Waals surface area contributed by atoms with E-state index >= 15 is 0 Å². The number of sulfonamides is 1. The van der Waals surface area contributed by atoms with Crippen molar-refractivity contribution in [2.45, 2.75) is 10.8 Å². The number of thiophene rings is 1.